The molecule has 0 atom stereocenters. The largest absolute Gasteiger partial charge is 0.440 e. The van der Waals surface area contributed by atoms with E-state index in [2.05, 4.69) is 234 Å². The maximum Gasteiger partial charge on any atom is 0.337 e. The summed E-state index contributed by atoms with van der Waals surface area (Å²) < 4.78 is 7.74. The number of hydrogen-bond donors (Lipinski definition) is 0. The molecule has 7 aromatic carbocycles. The third-order valence-electron chi connectivity index (χ3n) is 17.7. The lowest BCUT2D eigenvalue weighted by Crippen LogP contribution is -2.61. The Morgan fingerprint density at radius 3 is 1.73 bits per heavy atom. The molecule has 354 valence electrons. The fraction of sp³-hybridized carbons (Fsp3) is 0.364. The Balaban J connectivity index is 1.27. The van der Waals surface area contributed by atoms with Gasteiger partial charge in [-0.2, -0.15) is 0 Å². The number of anilines is 5. The fourth-order valence-electron chi connectivity index (χ4n) is 13.1. The van der Waals surface area contributed by atoms with Crippen LogP contribution in [0.15, 0.2) is 132 Å². The molecule has 0 bridgehead atoms. The first-order valence-electron chi connectivity index (χ1n) is 26.2. The van der Waals surface area contributed by atoms with Crippen molar-refractivity contribution in [1.82, 2.24) is 0 Å². The van der Waals surface area contributed by atoms with Gasteiger partial charge in [0.15, 0.2) is 0 Å². The Bertz CT molecular complexity index is 3480. The molecular formula is C66H71BN2O. The van der Waals surface area contributed by atoms with Crippen molar-refractivity contribution < 1.29 is 4.42 Å². The predicted molar refractivity (Wildman–Crippen MR) is 301 cm³/mol. The van der Waals surface area contributed by atoms with Crippen LogP contribution in [0.1, 0.15) is 156 Å². The molecule has 4 aliphatic rings. The summed E-state index contributed by atoms with van der Waals surface area (Å²) in [6.45, 7) is 33.5. The quantitative estimate of drug-likeness (QED) is 0.165. The highest BCUT2D eigenvalue weighted by Gasteiger charge is 2.50. The van der Waals surface area contributed by atoms with E-state index in [0.717, 1.165) is 36.4 Å². The van der Waals surface area contributed by atoms with Crippen molar-refractivity contribution in [3.05, 3.63) is 161 Å². The summed E-state index contributed by atoms with van der Waals surface area (Å²) in [6.07, 6.45) is 4.62. The highest BCUT2D eigenvalue weighted by atomic mass is 16.4. The van der Waals surface area contributed by atoms with Crippen molar-refractivity contribution in [3.63, 3.8) is 0 Å². The van der Waals surface area contributed by atoms with Gasteiger partial charge in [-0.1, -0.05) is 176 Å². The van der Waals surface area contributed by atoms with E-state index < -0.39 is 0 Å². The molecule has 2 aliphatic carbocycles. The van der Waals surface area contributed by atoms with Gasteiger partial charge in [0.25, 0.3) is 0 Å². The smallest absolute Gasteiger partial charge is 0.337 e. The van der Waals surface area contributed by atoms with Crippen LogP contribution >= 0.6 is 0 Å². The summed E-state index contributed by atoms with van der Waals surface area (Å²) in [5.41, 5.74) is 21.8. The molecule has 12 rings (SSSR count). The van der Waals surface area contributed by atoms with Crippen molar-refractivity contribution in [2.24, 2.45) is 0 Å². The summed E-state index contributed by atoms with van der Waals surface area (Å²) in [7, 11) is 0. The molecule has 4 heteroatoms. The van der Waals surface area contributed by atoms with E-state index in [9.17, 15) is 0 Å². The van der Waals surface area contributed by atoms with Crippen molar-refractivity contribution in [3.8, 4) is 22.3 Å². The monoisotopic (exact) mass is 919 g/mol. The molecule has 1 aromatic heterocycles. The lowest BCUT2D eigenvalue weighted by molar-refractivity contribution is 0.332. The average Bonchev–Trinajstić information content (AvgIpc) is 3.69. The van der Waals surface area contributed by atoms with Gasteiger partial charge in [-0.05, 0) is 167 Å². The van der Waals surface area contributed by atoms with Gasteiger partial charge in [0, 0.05) is 39.0 Å². The molecule has 70 heavy (non-hydrogen) atoms. The van der Waals surface area contributed by atoms with Crippen molar-refractivity contribution in [2.45, 2.75) is 155 Å². The molecule has 8 aromatic rings. The number of fused-ring (bicyclic) bond motifs is 10. The first kappa shape index (κ1) is 45.2. The van der Waals surface area contributed by atoms with E-state index in [0.29, 0.717) is 0 Å². The molecule has 0 saturated carbocycles. The number of hydrogen-bond acceptors (Lipinski definition) is 3. The molecule has 0 spiro atoms. The van der Waals surface area contributed by atoms with E-state index in [4.69, 9.17) is 4.42 Å². The molecule has 0 amide bonds. The molecule has 2 aliphatic heterocycles. The van der Waals surface area contributed by atoms with Gasteiger partial charge in [-0.15, -0.1) is 0 Å². The second-order valence-electron chi connectivity index (χ2n) is 26.3. The summed E-state index contributed by atoms with van der Waals surface area (Å²) in [5.74, 6) is 0.909. The highest BCUT2D eigenvalue weighted by Crippen LogP contribution is 2.55. The number of benzene rings is 7. The van der Waals surface area contributed by atoms with Crippen molar-refractivity contribution in [1.29, 1.82) is 0 Å². The Hall–Kier alpha value is -6.00. The standard InChI is InChI=1S/C66H71BN2O/c1-61(2,3)42-25-29-53(47(35-42)40-20-16-15-17-21-40)68-55-34-41-22-18-19-23-45(41)57-46-27-24-43(62(4,5)6)36-54(46)69(44-26-28-49-50(37-44)64(9,10)31-30-63(49,7)8)67(59(55)57)58-48-38-51-52(39-56(48)70-60(58)68)66(13,14)33-32-65(51,11)12/h15-29,34-39H,30-33H2,1-14H3. The van der Waals surface area contributed by atoms with Gasteiger partial charge in [-0.25, -0.2) is 0 Å². The Morgan fingerprint density at radius 1 is 0.471 bits per heavy atom. The van der Waals surface area contributed by atoms with Crippen LogP contribution in [0.25, 0.3) is 44.0 Å². The Kier molecular flexibility index (Phi) is 9.54. The second kappa shape index (κ2) is 14.8. The summed E-state index contributed by atoms with van der Waals surface area (Å²) in [5, 5.41) is 3.72. The second-order valence-corrected chi connectivity index (χ2v) is 26.3. The molecule has 0 fully saturated rings. The maximum absolute atomic E-state index is 7.74. The topological polar surface area (TPSA) is 19.6 Å². The van der Waals surface area contributed by atoms with Gasteiger partial charge in [0.05, 0.1) is 5.69 Å². The van der Waals surface area contributed by atoms with Crippen LogP contribution in [0.2, 0.25) is 0 Å². The van der Waals surface area contributed by atoms with Gasteiger partial charge < -0.3 is 9.23 Å². The van der Waals surface area contributed by atoms with Gasteiger partial charge >= 0.3 is 6.85 Å². The van der Waals surface area contributed by atoms with E-state index >= 15 is 0 Å². The van der Waals surface area contributed by atoms with Gasteiger partial charge in [-0.3, -0.25) is 4.90 Å². The molecule has 3 heterocycles. The first-order chi connectivity index (χ1) is 32.9. The van der Waals surface area contributed by atoms with E-state index in [1.807, 2.05) is 0 Å². The highest BCUT2D eigenvalue weighted by molar-refractivity contribution is 6.95. The zero-order valence-electron chi connectivity index (χ0n) is 44.3. The zero-order valence-corrected chi connectivity index (χ0v) is 44.3. The summed E-state index contributed by atoms with van der Waals surface area (Å²) in [4.78, 5) is 5.29. The molecule has 3 nitrogen and oxygen atoms in total. The Morgan fingerprint density at radius 2 is 1.06 bits per heavy atom. The third kappa shape index (κ3) is 6.67. The zero-order chi connectivity index (χ0) is 49.2. The summed E-state index contributed by atoms with van der Waals surface area (Å²) >= 11 is 0. The third-order valence-corrected chi connectivity index (χ3v) is 17.7. The SMILES string of the molecule is CC(C)(C)c1ccc(N2c3cc4ccccc4c4c3B(c3c2oc2cc5c(cc32)C(C)(C)CCC5(C)C)N(c2ccc3c(c2)C(C)(C)CCC3(C)C)c2cc(C(C)(C)C)ccc2-4)c(-c2ccccc2)c1. The number of furan rings is 1. The Labute approximate surface area is 418 Å². The molecule has 0 radical (unpaired) electrons. The molecule has 0 N–H and O–H groups in total. The summed E-state index contributed by atoms with van der Waals surface area (Å²) in [6, 6.07) is 49.8. The minimum Gasteiger partial charge on any atom is -0.440 e. The van der Waals surface area contributed by atoms with Gasteiger partial charge in [0.2, 0.25) is 5.88 Å². The van der Waals surface area contributed by atoms with Crippen LogP contribution in [0.3, 0.4) is 0 Å². The van der Waals surface area contributed by atoms with Crippen LogP contribution in [0, 0.1) is 0 Å². The molecular weight excluding hydrogens is 848 g/mol. The van der Waals surface area contributed by atoms with Crippen LogP contribution in [-0.4, -0.2) is 6.85 Å². The lowest BCUT2D eigenvalue weighted by Gasteiger charge is -2.46. The maximum atomic E-state index is 7.74. The predicted octanol–water partition coefficient (Wildman–Crippen LogP) is 17.3. The molecule has 0 saturated heterocycles. The normalized spacial score (nSPS) is 18.3. The van der Waals surface area contributed by atoms with Gasteiger partial charge in [0.1, 0.15) is 5.58 Å². The van der Waals surface area contributed by atoms with Crippen molar-refractivity contribution in [2.75, 3.05) is 9.71 Å². The van der Waals surface area contributed by atoms with Crippen LogP contribution < -0.4 is 20.6 Å². The van der Waals surface area contributed by atoms with Crippen LogP contribution in [0.4, 0.5) is 28.6 Å². The first-order valence-corrected chi connectivity index (χ1v) is 26.2. The van der Waals surface area contributed by atoms with E-state index in [-0.39, 0.29) is 39.3 Å². The lowest BCUT2D eigenvalue weighted by atomic mass is 9.43. The van der Waals surface area contributed by atoms with E-state index in [1.54, 1.807) is 0 Å². The fourth-order valence-corrected chi connectivity index (χ4v) is 13.1. The number of nitrogens with zero attached hydrogens (tertiary/aromatic N) is 2. The van der Waals surface area contributed by atoms with E-state index in [1.165, 1.54) is 106 Å². The number of rotatable bonds is 3. The van der Waals surface area contributed by atoms with Crippen molar-refractivity contribution >= 4 is 68.1 Å². The minimum atomic E-state index is -0.200. The van der Waals surface area contributed by atoms with Crippen LogP contribution in [-0.2, 0) is 32.5 Å². The molecule has 0 unspecified atom stereocenters. The van der Waals surface area contributed by atoms with Crippen LogP contribution in [0.5, 0.6) is 0 Å². The average molecular weight is 919 g/mol. The minimum absolute atomic E-state index is 0.0113.